The predicted octanol–water partition coefficient (Wildman–Crippen LogP) is 2.50. The molecule has 0 bridgehead atoms. The Morgan fingerprint density at radius 3 is 2.62 bits per heavy atom. The largest absolute Gasteiger partial charge is 0.462 e. The molecule has 124 valence electrons. The number of esters is 1. The second-order valence-corrected chi connectivity index (χ2v) is 6.91. The molecule has 0 amide bonds. The number of nitrogens with zero attached hydrogens (tertiary/aromatic N) is 3. The summed E-state index contributed by atoms with van der Waals surface area (Å²) < 4.78 is 31.6. The summed E-state index contributed by atoms with van der Waals surface area (Å²) >= 11 is 6.05. The number of rotatable bonds is 4. The highest BCUT2D eigenvalue weighted by molar-refractivity contribution is 7.90. The molecular formula is C15H12ClN3O4S. The third-order valence-electron chi connectivity index (χ3n) is 3.30. The molecule has 0 aliphatic carbocycles. The Morgan fingerprint density at radius 1 is 1.25 bits per heavy atom. The average molecular weight is 366 g/mol. The van der Waals surface area contributed by atoms with Crippen molar-refractivity contribution >= 4 is 38.6 Å². The van der Waals surface area contributed by atoms with Crippen LogP contribution in [-0.4, -0.2) is 34.9 Å². The molecule has 24 heavy (non-hydrogen) atoms. The van der Waals surface area contributed by atoms with Crippen molar-refractivity contribution in [2.45, 2.75) is 11.8 Å². The standard InChI is InChI=1S/C15H12ClN3O4S/c1-2-23-15(20)11-8-19(14-12(11)13(16)17-9-18-14)24(21,22)10-6-4-3-5-7-10/h3-9H,2H2,1H3. The van der Waals surface area contributed by atoms with Crippen molar-refractivity contribution in [2.24, 2.45) is 0 Å². The second-order valence-electron chi connectivity index (χ2n) is 4.74. The molecule has 0 aliphatic rings. The molecule has 0 atom stereocenters. The molecule has 0 spiro atoms. The first-order valence-electron chi connectivity index (χ1n) is 6.96. The van der Waals surface area contributed by atoms with Gasteiger partial charge in [-0.05, 0) is 19.1 Å². The van der Waals surface area contributed by atoms with Crippen LogP contribution in [0.15, 0.2) is 47.8 Å². The van der Waals surface area contributed by atoms with Crippen LogP contribution < -0.4 is 0 Å². The zero-order valence-corrected chi connectivity index (χ0v) is 14.1. The maximum absolute atomic E-state index is 12.9. The van der Waals surface area contributed by atoms with Crippen LogP contribution in [0.5, 0.6) is 0 Å². The van der Waals surface area contributed by atoms with Crippen LogP contribution in [0.3, 0.4) is 0 Å². The molecule has 0 N–H and O–H groups in total. The summed E-state index contributed by atoms with van der Waals surface area (Å²) in [5.74, 6) is -0.693. The van der Waals surface area contributed by atoms with E-state index in [4.69, 9.17) is 16.3 Å². The zero-order valence-electron chi connectivity index (χ0n) is 12.5. The highest BCUT2D eigenvalue weighted by Gasteiger charge is 2.26. The van der Waals surface area contributed by atoms with Crippen molar-refractivity contribution in [3.8, 4) is 0 Å². The van der Waals surface area contributed by atoms with Gasteiger partial charge in [0.2, 0.25) is 0 Å². The van der Waals surface area contributed by atoms with Gasteiger partial charge in [0, 0.05) is 6.20 Å². The molecule has 0 fully saturated rings. The van der Waals surface area contributed by atoms with Gasteiger partial charge in [-0.2, -0.15) is 0 Å². The number of benzene rings is 1. The van der Waals surface area contributed by atoms with Crippen molar-refractivity contribution in [1.82, 2.24) is 13.9 Å². The lowest BCUT2D eigenvalue weighted by Gasteiger charge is -2.06. The van der Waals surface area contributed by atoms with E-state index in [0.29, 0.717) is 0 Å². The number of hydrogen-bond acceptors (Lipinski definition) is 6. The number of halogens is 1. The zero-order chi connectivity index (χ0) is 17.3. The van der Waals surface area contributed by atoms with E-state index < -0.39 is 16.0 Å². The molecule has 1 aromatic carbocycles. The monoisotopic (exact) mass is 365 g/mol. The van der Waals surface area contributed by atoms with Gasteiger partial charge in [0.25, 0.3) is 10.0 Å². The molecule has 3 rings (SSSR count). The minimum Gasteiger partial charge on any atom is -0.462 e. The average Bonchev–Trinajstić information content (AvgIpc) is 2.98. The molecule has 0 saturated heterocycles. The highest BCUT2D eigenvalue weighted by Crippen LogP contribution is 2.29. The highest BCUT2D eigenvalue weighted by atomic mass is 35.5. The second kappa shape index (κ2) is 6.21. The van der Waals surface area contributed by atoms with Crippen LogP contribution in [-0.2, 0) is 14.8 Å². The Hall–Kier alpha value is -2.45. The van der Waals surface area contributed by atoms with E-state index in [0.717, 1.165) is 16.5 Å². The number of carbonyl (C=O) groups is 1. The smallest absolute Gasteiger partial charge is 0.340 e. The van der Waals surface area contributed by atoms with Crippen molar-refractivity contribution in [1.29, 1.82) is 0 Å². The summed E-state index contributed by atoms with van der Waals surface area (Å²) in [5.41, 5.74) is 0.0128. The normalized spacial score (nSPS) is 11.6. The summed E-state index contributed by atoms with van der Waals surface area (Å²) in [7, 11) is -3.95. The van der Waals surface area contributed by atoms with Crippen LogP contribution in [0.2, 0.25) is 5.15 Å². The van der Waals surface area contributed by atoms with Gasteiger partial charge < -0.3 is 4.74 Å². The summed E-state index contributed by atoms with van der Waals surface area (Å²) in [6, 6.07) is 7.82. The lowest BCUT2D eigenvalue weighted by Crippen LogP contribution is -2.12. The first-order chi connectivity index (χ1) is 11.5. The minimum atomic E-state index is -3.95. The molecule has 2 heterocycles. The summed E-state index contributed by atoms with van der Waals surface area (Å²) in [5, 5.41) is 0.113. The third kappa shape index (κ3) is 2.63. The van der Waals surface area contributed by atoms with Crippen LogP contribution in [0.1, 0.15) is 17.3 Å². The Balaban J connectivity index is 2.31. The van der Waals surface area contributed by atoms with Crippen LogP contribution >= 0.6 is 11.6 Å². The SMILES string of the molecule is CCOC(=O)c1cn(S(=O)(=O)c2ccccc2)c2ncnc(Cl)c12. The summed E-state index contributed by atoms with van der Waals surface area (Å²) in [6.45, 7) is 1.79. The fourth-order valence-electron chi connectivity index (χ4n) is 2.25. The molecular weight excluding hydrogens is 354 g/mol. The summed E-state index contributed by atoms with van der Waals surface area (Å²) in [4.78, 5) is 20.0. The quantitative estimate of drug-likeness (QED) is 0.521. The Morgan fingerprint density at radius 2 is 1.96 bits per heavy atom. The maximum Gasteiger partial charge on any atom is 0.340 e. The Labute approximate surface area is 142 Å². The molecule has 0 radical (unpaired) electrons. The lowest BCUT2D eigenvalue weighted by atomic mass is 10.2. The fraction of sp³-hybridized carbons (Fsp3) is 0.133. The first-order valence-corrected chi connectivity index (χ1v) is 8.78. The fourth-order valence-corrected chi connectivity index (χ4v) is 3.82. The topological polar surface area (TPSA) is 91.2 Å². The van der Waals surface area contributed by atoms with Crippen LogP contribution in [0, 0.1) is 0 Å². The van der Waals surface area contributed by atoms with Gasteiger partial charge in [-0.1, -0.05) is 29.8 Å². The van der Waals surface area contributed by atoms with Crippen LogP contribution in [0.25, 0.3) is 11.0 Å². The lowest BCUT2D eigenvalue weighted by molar-refractivity contribution is 0.0528. The number of ether oxygens (including phenoxy) is 1. The number of aromatic nitrogens is 3. The first kappa shape index (κ1) is 16.4. The van der Waals surface area contributed by atoms with Gasteiger partial charge in [-0.25, -0.2) is 27.2 Å². The van der Waals surface area contributed by atoms with E-state index in [1.54, 1.807) is 25.1 Å². The Kier molecular flexibility index (Phi) is 4.25. The maximum atomic E-state index is 12.9. The molecule has 2 aromatic heterocycles. The van der Waals surface area contributed by atoms with E-state index in [1.165, 1.54) is 12.1 Å². The van der Waals surface area contributed by atoms with Crippen molar-refractivity contribution in [3.05, 3.63) is 53.6 Å². The molecule has 0 unspecified atom stereocenters. The van der Waals surface area contributed by atoms with Gasteiger partial charge in [0.15, 0.2) is 5.65 Å². The van der Waals surface area contributed by atoms with Gasteiger partial charge in [-0.3, -0.25) is 0 Å². The van der Waals surface area contributed by atoms with E-state index in [-0.39, 0.29) is 33.3 Å². The summed E-state index contributed by atoms with van der Waals surface area (Å²) in [6.07, 6.45) is 2.29. The van der Waals surface area contributed by atoms with E-state index in [1.807, 2.05) is 0 Å². The third-order valence-corrected chi connectivity index (χ3v) is 5.25. The number of fused-ring (bicyclic) bond motifs is 1. The van der Waals surface area contributed by atoms with E-state index >= 15 is 0 Å². The van der Waals surface area contributed by atoms with Gasteiger partial charge in [0.1, 0.15) is 11.5 Å². The minimum absolute atomic E-state index is 0.00282. The van der Waals surface area contributed by atoms with E-state index in [9.17, 15) is 13.2 Å². The predicted molar refractivity (Wildman–Crippen MR) is 87.5 cm³/mol. The van der Waals surface area contributed by atoms with Gasteiger partial charge >= 0.3 is 5.97 Å². The van der Waals surface area contributed by atoms with Crippen molar-refractivity contribution < 1.29 is 17.9 Å². The molecule has 0 aliphatic heterocycles. The van der Waals surface area contributed by atoms with Crippen molar-refractivity contribution in [3.63, 3.8) is 0 Å². The van der Waals surface area contributed by atoms with Gasteiger partial charge in [0.05, 0.1) is 22.5 Å². The molecule has 7 nitrogen and oxygen atoms in total. The molecule has 3 aromatic rings. The van der Waals surface area contributed by atoms with Crippen LogP contribution in [0.4, 0.5) is 0 Å². The van der Waals surface area contributed by atoms with E-state index in [2.05, 4.69) is 9.97 Å². The van der Waals surface area contributed by atoms with Gasteiger partial charge in [-0.15, -0.1) is 0 Å². The Bertz CT molecular complexity index is 1020. The molecule has 0 saturated carbocycles. The number of carbonyl (C=O) groups excluding carboxylic acids is 1. The van der Waals surface area contributed by atoms with Crippen molar-refractivity contribution in [2.75, 3.05) is 6.61 Å². The molecule has 9 heteroatoms. The number of hydrogen-bond donors (Lipinski definition) is 0.